The van der Waals surface area contributed by atoms with E-state index >= 15 is 0 Å². The van der Waals surface area contributed by atoms with Crippen LogP contribution in [-0.2, 0) is 6.42 Å². The van der Waals surface area contributed by atoms with E-state index in [0.717, 1.165) is 5.56 Å². The zero-order chi connectivity index (χ0) is 14.7. The number of phenols is 1. The maximum absolute atomic E-state index is 13.6. The Morgan fingerprint density at radius 1 is 1.25 bits per heavy atom. The van der Waals surface area contributed by atoms with Crippen LogP contribution in [0.1, 0.15) is 22.8 Å². The van der Waals surface area contributed by atoms with Gasteiger partial charge in [0.1, 0.15) is 22.9 Å². The molecule has 0 heterocycles. The van der Waals surface area contributed by atoms with E-state index in [1.165, 1.54) is 0 Å². The molecule has 0 fully saturated rings. The maximum atomic E-state index is 13.6. The first kappa shape index (κ1) is 14.0. The van der Waals surface area contributed by atoms with E-state index < -0.39 is 28.9 Å². The van der Waals surface area contributed by atoms with Crippen LogP contribution >= 0.6 is 0 Å². The van der Waals surface area contributed by atoms with Gasteiger partial charge in [0.25, 0.3) is 5.91 Å². The molecule has 2 N–H and O–H groups in total. The summed E-state index contributed by atoms with van der Waals surface area (Å²) in [5, 5.41) is 12.0. The van der Waals surface area contributed by atoms with Gasteiger partial charge in [-0.15, -0.1) is 0 Å². The lowest BCUT2D eigenvalue weighted by atomic mass is 10.1. The topological polar surface area (TPSA) is 49.3 Å². The minimum absolute atomic E-state index is 0.531. The normalized spacial score (nSPS) is 10.3. The first-order valence-corrected chi connectivity index (χ1v) is 6.10. The summed E-state index contributed by atoms with van der Waals surface area (Å²) >= 11 is 0. The molecular weight excluding hydrogens is 264 g/mol. The van der Waals surface area contributed by atoms with Gasteiger partial charge in [-0.1, -0.05) is 25.1 Å². The Hall–Kier alpha value is -2.43. The van der Waals surface area contributed by atoms with Crippen molar-refractivity contribution in [3.8, 4) is 5.75 Å². The van der Waals surface area contributed by atoms with Crippen molar-refractivity contribution in [1.29, 1.82) is 0 Å². The standard InChI is InChI=1S/C15H13F2NO2/c1-2-9-5-3-4-6-12(9)18-15(20)14-11(17)7-10(16)8-13(14)19/h3-8,19H,2H2,1H3,(H,18,20). The number of halogens is 2. The zero-order valence-corrected chi connectivity index (χ0v) is 10.8. The summed E-state index contributed by atoms with van der Waals surface area (Å²) < 4.78 is 26.5. The third kappa shape index (κ3) is 2.77. The van der Waals surface area contributed by atoms with Crippen LogP contribution in [0.2, 0.25) is 0 Å². The third-order valence-corrected chi connectivity index (χ3v) is 2.91. The number of para-hydroxylation sites is 1. The average Bonchev–Trinajstić information content (AvgIpc) is 2.38. The Balaban J connectivity index is 2.34. The predicted octanol–water partition coefficient (Wildman–Crippen LogP) is 3.49. The number of hydrogen-bond acceptors (Lipinski definition) is 2. The third-order valence-electron chi connectivity index (χ3n) is 2.91. The summed E-state index contributed by atoms with van der Waals surface area (Å²) in [6.45, 7) is 1.92. The molecule has 0 spiro atoms. The fourth-order valence-corrected chi connectivity index (χ4v) is 1.92. The SMILES string of the molecule is CCc1ccccc1NC(=O)c1c(O)cc(F)cc1F. The molecule has 2 rings (SSSR count). The van der Waals surface area contributed by atoms with Crippen molar-refractivity contribution in [3.05, 3.63) is 59.2 Å². The number of phenolic OH excluding ortho intramolecular Hbond substituents is 1. The molecule has 1 amide bonds. The number of benzene rings is 2. The molecule has 0 bridgehead atoms. The molecule has 3 nitrogen and oxygen atoms in total. The van der Waals surface area contributed by atoms with Gasteiger partial charge in [0.2, 0.25) is 0 Å². The summed E-state index contributed by atoms with van der Waals surface area (Å²) in [6.07, 6.45) is 0.689. The lowest BCUT2D eigenvalue weighted by Gasteiger charge is -2.11. The maximum Gasteiger partial charge on any atom is 0.262 e. The van der Waals surface area contributed by atoms with Crippen LogP contribution in [0, 0.1) is 11.6 Å². The number of anilines is 1. The second-order valence-electron chi connectivity index (χ2n) is 4.25. The highest BCUT2D eigenvalue weighted by Gasteiger charge is 2.19. The van der Waals surface area contributed by atoms with Crippen LogP contribution < -0.4 is 5.32 Å². The number of aromatic hydroxyl groups is 1. The lowest BCUT2D eigenvalue weighted by Crippen LogP contribution is -2.15. The highest BCUT2D eigenvalue weighted by molar-refractivity contribution is 6.06. The molecule has 20 heavy (non-hydrogen) atoms. The highest BCUT2D eigenvalue weighted by Crippen LogP contribution is 2.24. The summed E-state index contributed by atoms with van der Waals surface area (Å²) in [5.41, 5.74) is 0.836. The fraction of sp³-hybridized carbons (Fsp3) is 0.133. The minimum atomic E-state index is -1.10. The van der Waals surface area contributed by atoms with Gasteiger partial charge < -0.3 is 10.4 Å². The Morgan fingerprint density at radius 3 is 2.60 bits per heavy atom. The van der Waals surface area contributed by atoms with Crippen LogP contribution in [0.15, 0.2) is 36.4 Å². The average molecular weight is 277 g/mol. The molecule has 0 aliphatic heterocycles. The van der Waals surface area contributed by atoms with Crippen molar-refractivity contribution >= 4 is 11.6 Å². The van der Waals surface area contributed by atoms with Crippen molar-refractivity contribution in [2.45, 2.75) is 13.3 Å². The van der Waals surface area contributed by atoms with Crippen molar-refractivity contribution < 1.29 is 18.7 Å². The molecule has 0 aliphatic carbocycles. The quantitative estimate of drug-likeness (QED) is 0.902. The number of carbonyl (C=O) groups excluding carboxylic acids is 1. The van der Waals surface area contributed by atoms with Crippen LogP contribution in [0.3, 0.4) is 0 Å². The van der Waals surface area contributed by atoms with E-state index in [1.807, 2.05) is 19.1 Å². The van der Waals surface area contributed by atoms with Gasteiger partial charge >= 0.3 is 0 Å². The Labute approximate surface area is 114 Å². The van der Waals surface area contributed by atoms with Crippen molar-refractivity contribution in [2.75, 3.05) is 5.32 Å². The Morgan fingerprint density at radius 2 is 1.95 bits per heavy atom. The summed E-state index contributed by atoms with van der Waals surface area (Å²) in [4.78, 5) is 12.0. The van der Waals surface area contributed by atoms with Crippen LogP contribution in [-0.4, -0.2) is 11.0 Å². The molecule has 0 saturated carbocycles. The van der Waals surface area contributed by atoms with E-state index in [9.17, 15) is 18.7 Å². The number of aryl methyl sites for hydroxylation is 1. The summed E-state index contributed by atoms with van der Waals surface area (Å²) in [6, 6.07) is 8.32. The van der Waals surface area contributed by atoms with Crippen LogP contribution in [0.5, 0.6) is 5.75 Å². The molecule has 5 heteroatoms. The fourth-order valence-electron chi connectivity index (χ4n) is 1.92. The second kappa shape index (κ2) is 5.69. The van der Waals surface area contributed by atoms with E-state index in [2.05, 4.69) is 5.32 Å². The van der Waals surface area contributed by atoms with E-state index in [-0.39, 0.29) is 0 Å². The molecule has 0 radical (unpaired) electrons. The molecule has 0 aromatic heterocycles. The zero-order valence-electron chi connectivity index (χ0n) is 10.8. The molecule has 0 atom stereocenters. The van der Waals surface area contributed by atoms with Crippen molar-refractivity contribution in [3.63, 3.8) is 0 Å². The van der Waals surface area contributed by atoms with Crippen molar-refractivity contribution in [1.82, 2.24) is 0 Å². The van der Waals surface area contributed by atoms with Gasteiger partial charge in [0.05, 0.1) is 0 Å². The molecular formula is C15H13F2NO2. The summed E-state index contributed by atoms with van der Waals surface area (Å²) in [5.74, 6) is -3.59. The largest absolute Gasteiger partial charge is 0.507 e. The van der Waals surface area contributed by atoms with Gasteiger partial charge in [-0.05, 0) is 18.1 Å². The molecule has 2 aromatic carbocycles. The number of carbonyl (C=O) groups is 1. The monoisotopic (exact) mass is 277 g/mol. The van der Waals surface area contributed by atoms with Gasteiger partial charge in [0.15, 0.2) is 0 Å². The lowest BCUT2D eigenvalue weighted by molar-refractivity contribution is 0.102. The predicted molar refractivity (Wildman–Crippen MR) is 71.8 cm³/mol. The first-order chi connectivity index (χ1) is 9.52. The van der Waals surface area contributed by atoms with Crippen LogP contribution in [0.25, 0.3) is 0 Å². The molecule has 104 valence electrons. The smallest absolute Gasteiger partial charge is 0.262 e. The van der Waals surface area contributed by atoms with Crippen molar-refractivity contribution in [2.24, 2.45) is 0 Å². The number of hydrogen-bond donors (Lipinski definition) is 2. The minimum Gasteiger partial charge on any atom is -0.507 e. The second-order valence-corrected chi connectivity index (χ2v) is 4.25. The molecule has 0 saturated heterocycles. The van der Waals surface area contributed by atoms with Gasteiger partial charge in [-0.25, -0.2) is 8.78 Å². The van der Waals surface area contributed by atoms with E-state index in [4.69, 9.17) is 0 Å². The molecule has 0 aliphatic rings. The Bertz CT molecular complexity index is 633. The first-order valence-electron chi connectivity index (χ1n) is 6.10. The molecule has 0 unspecified atom stereocenters. The van der Waals surface area contributed by atoms with Gasteiger partial charge in [-0.3, -0.25) is 4.79 Å². The van der Waals surface area contributed by atoms with Gasteiger partial charge in [0, 0.05) is 17.8 Å². The number of amides is 1. The number of rotatable bonds is 3. The molecule has 2 aromatic rings. The number of nitrogens with one attached hydrogen (secondary N) is 1. The van der Waals surface area contributed by atoms with Gasteiger partial charge in [-0.2, -0.15) is 0 Å². The summed E-state index contributed by atoms with van der Waals surface area (Å²) in [7, 11) is 0. The van der Waals surface area contributed by atoms with E-state index in [1.54, 1.807) is 12.1 Å². The Kier molecular flexibility index (Phi) is 3.98. The van der Waals surface area contributed by atoms with E-state index in [0.29, 0.717) is 24.2 Å². The van der Waals surface area contributed by atoms with Crippen LogP contribution in [0.4, 0.5) is 14.5 Å². The highest BCUT2D eigenvalue weighted by atomic mass is 19.1.